The molecule has 14 heteroatoms. The van der Waals surface area contributed by atoms with Gasteiger partial charge in [-0.2, -0.15) is 10.5 Å². The highest BCUT2D eigenvalue weighted by Crippen LogP contribution is 2.27. The molecule has 0 saturated carbocycles. The number of hydrogen-bond acceptors (Lipinski definition) is 9. The molecule has 0 aliphatic rings. The summed E-state index contributed by atoms with van der Waals surface area (Å²) in [6.07, 6.45) is 4.55. The molecule has 9 nitrogen and oxygen atoms in total. The van der Waals surface area contributed by atoms with E-state index in [0.29, 0.717) is 45.1 Å². The van der Waals surface area contributed by atoms with E-state index in [-0.39, 0.29) is 57.5 Å². The van der Waals surface area contributed by atoms with Gasteiger partial charge < -0.3 is 20.9 Å². The summed E-state index contributed by atoms with van der Waals surface area (Å²) in [6, 6.07) is 32.4. The largest absolute Gasteiger partial charge is 0.461 e. The fourth-order valence-corrected chi connectivity index (χ4v) is 4.47. The van der Waals surface area contributed by atoms with Crippen molar-refractivity contribution in [2.75, 3.05) is 26.6 Å². The van der Waals surface area contributed by atoms with E-state index in [0.717, 1.165) is 16.7 Å². The summed E-state index contributed by atoms with van der Waals surface area (Å²) in [5.41, 5.74) is 11.1. The van der Waals surface area contributed by atoms with E-state index in [4.69, 9.17) is 38.3 Å². The predicted molar refractivity (Wildman–Crippen MR) is 226 cm³/mol. The number of nitrogens with two attached hydrogens (primary N) is 2. The van der Waals surface area contributed by atoms with Gasteiger partial charge in [0.05, 0.1) is 38.6 Å². The lowest BCUT2D eigenvalue weighted by molar-refractivity contribution is -0.147. The molecule has 4 N–H and O–H groups in total. The van der Waals surface area contributed by atoms with Gasteiger partial charge in [-0.25, -0.2) is 4.79 Å². The molecule has 57 heavy (non-hydrogen) atoms. The summed E-state index contributed by atoms with van der Waals surface area (Å²) >= 11 is 4.97. The van der Waals surface area contributed by atoms with Gasteiger partial charge in [-0.15, -0.1) is 12.4 Å². The van der Waals surface area contributed by atoms with Gasteiger partial charge in [-0.1, -0.05) is 105 Å². The van der Waals surface area contributed by atoms with E-state index < -0.39 is 29.9 Å². The van der Waals surface area contributed by atoms with E-state index in [1.165, 1.54) is 0 Å². The maximum Gasteiger partial charge on any atom is 0.404 e. The number of nitriles is 2. The minimum Gasteiger partial charge on any atom is -0.461 e. The van der Waals surface area contributed by atoms with Crippen molar-refractivity contribution in [1.82, 2.24) is 0 Å². The van der Waals surface area contributed by atoms with E-state index in [2.05, 4.69) is 15.8 Å². The maximum absolute atomic E-state index is 12.2. The minimum atomic E-state index is -0.841. The molecule has 0 radical (unpaired) electrons. The Balaban J connectivity index is -0.000000700. The second-order valence-electron chi connectivity index (χ2n) is 13.3. The third-order valence-corrected chi connectivity index (χ3v) is 7.95. The van der Waals surface area contributed by atoms with E-state index in [1.54, 1.807) is 20.1 Å². The Labute approximate surface area is 349 Å². The average molecular weight is 839 g/mol. The van der Waals surface area contributed by atoms with E-state index >= 15 is 0 Å². The van der Waals surface area contributed by atoms with Crippen molar-refractivity contribution in [3.63, 3.8) is 0 Å². The summed E-state index contributed by atoms with van der Waals surface area (Å²) in [4.78, 5) is 26.2. The van der Waals surface area contributed by atoms with E-state index in [9.17, 15) is 22.8 Å². The van der Waals surface area contributed by atoms with Gasteiger partial charge in [-0.05, 0) is 81.0 Å². The number of hydrogen-bond donors (Lipinski definition) is 2. The van der Waals surface area contributed by atoms with Gasteiger partial charge in [0.15, 0.2) is 0 Å². The quantitative estimate of drug-likeness (QED) is 0.0726. The van der Waals surface area contributed by atoms with Crippen molar-refractivity contribution in [3.8, 4) is 12.1 Å². The van der Waals surface area contributed by atoms with Gasteiger partial charge in [0, 0.05) is 17.8 Å². The number of nitrogens with zero attached hydrogens (tertiary/aromatic N) is 3. The fraction of sp³-hybridized carbons (Fsp3) is 0.465. The van der Waals surface area contributed by atoms with Crippen LogP contribution in [0.5, 0.6) is 0 Å². The molecule has 3 aromatic rings. The fourth-order valence-electron chi connectivity index (χ4n) is 4.41. The summed E-state index contributed by atoms with van der Waals surface area (Å²) in [6.45, 7) is 4.90. The Kier molecular flexibility index (Phi) is 33.6. The topological polar surface area (TPSA) is 165 Å². The van der Waals surface area contributed by atoms with Crippen molar-refractivity contribution < 1.29 is 32.2 Å². The third kappa shape index (κ3) is 30.4. The lowest BCUT2D eigenvalue weighted by Crippen LogP contribution is -2.33. The van der Waals surface area contributed by atoms with Crippen LogP contribution in [0.25, 0.3) is 0 Å². The van der Waals surface area contributed by atoms with Crippen LogP contribution in [-0.4, -0.2) is 55.3 Å². The number of alkyl halides is 3. The van der Waals surface area contributed by atoms with Crippen molar-refractivity contribution >= 4 is 41.6 Å². The first-order valence-electron chi connectivity index (χ1n) is 17.9. The summed E-state index contributed by atoms with van der Waals surface area (Å²) < 4.78 is 45.5. The number of rotatable bonds is 18. The smallest absolute Gasteiger partial charge is 0.404 e. The van der Waals surface area contributed by atoms with Gasteiger partial charge >= 0.3 is 11.4 Å². The third-order valence-electron chi connectivity index (χ3n) is 7.84. The zero-order valence-corrected chi connectivity index (χ0v) is 34.1. The van der Waals surface area contributed by atoms with Crippen LogP contribution in [0.2, 0.25) is 0 Å². The van der Waals surface area contributed by atoms with Crippen molar-refractivity contribution in [2.45, 2.75) is 97.4 Å². The zero-order chi connectivity index (χ0) is 41.4. The van der Waals surface area contributed by atoms with Crippen molar-refractivity contribution in [2.24, 2.45) is 21.9 Å². The minimum absolute atomic E-state index is 0. The van der Waals surface area contributed by atoms with Gasteiger partial charge in [0.25, 0.3) is 0 Å². The standard InChI is InChI=1S/C15H22FNO2.C13H15FN2.C8H7ClO2.C6H11FN2.CH4.ClH/c1-15(12-17,8-5-9-16)10-14(18)19-11-13-6-3-2-4-7-13;1-13(11-15,8-5-9-14)16-10-12-6-3-2-4-7-12;9-8(10)11-6-7-4-2-1-3-5-7;1-6(9,5-8)3-2-4-7;;/h2-4,6-7H,5,8-12,17H2,1H3;2-4,6-7,10H,5,8-9H2,1H3;1-5H,6H2;2-4,9H2,1H3;1H4;1H. The van der Waals surface area contributed by atoms with Crippen LogP contribution in [-0.2, 0) is 27.5 Å². The molecule has 0 saturated heterocycles. The second-order valence-corrected chi connectivity index (χ2v) is 13.6. The van der Waals surface area contributed by atoms with Crippen LogP contribution in [0.4, 0.5) is 18.0 Å². The maximum atomic E-state index is 12.2. The molecule has 0 heterocycles. The molecule has 0 aromatic heterocycles. The van der Waals surface area contributed by atoms with Gasteiger partial charge in [0.2, 0.25) is 0 Å². The molecule has 3 atom stereocenters. The molecule has 0 spiro atoms. The molecule has 0 bridgehead atoms. The molecule has 0 aliphatic carbocycles. The number of halogens is 5. The van der Waals surface area contributed by atoms with Crippen LogP contribution in [0.1, 0.15) is 89.8 Å². The monoisotopic (exact) mass is 837 g/mol. The van der Waals surface area contributed by atoms with Crippen LogP contribution in [0, 0.1) is 28.1 Å². The zero-order valence-electron chi connectivity index (χ0n) is 32.5. The second kappa shape index (κ2) is 33.7. The molecule has 3 aromatic carbocycles. The van der Waals surface area contributed by atoms with Crippen molar-refractivity contribution in [1.29, 1.82) is 10.5 Å². The number of aliphatic imine (C=N–C) groups is 1. The highest BCUT2D eigenvalue weighted by atomic mass is 35.5. The lowest BCUT2D eigenvalue weighted by Gasteiger charge is -2.26. The Hall–Kier alpha value is -4.46. The Morgan fingerprint density at radius 1 is 0.754 bits per heavy atom. The molecule has 0 amide bonds. The Morgan fingerprint density at radius 2 is 1.19 bits per heavy atom. The first kappa shape index (κ1) is 56.9. The molecule has 0 fully saturated rings. The highest BCUT2D eigenvalue weighted by Gasteiger charge is 2.26. The normalized spacial score (nSPS) is 13.0. The molecule has 0 aliphatic heterocycles. The number of carbonyl (C=O) groups excluding carboxylic acids is 2. The first-order chi connectivity index (χ1) is 26.2. The summed E-state index contributed by atoms with van der Waals surface area (Å²) in [5, 5.41) is 17.3. The molecule has 316 valence electrons. The van der Waals surface area contributed by atoms with Crippen LogP contribution >= 0.6 is 24.0 Å². The van der Waals surface area contributed by atoms with Gasteiger partial charge in [-0.3, -0.25) is 23.0 Å². The van der Waals surface area contributed by atoms with E-state index in [1.807, 2.05) is 104 Å². The summed E-state index contributed by atoms with van der Waals surface area (Å²) in [5.74, 6) is -0.282. The molecular weight excluding hydrogens is 778 g/mol. The SMILES string of the molecule is C.CC(C#N)(CCCF)N=Cc1ccccc1.CC(CN)(CCCF)CC(=O)OCc1ccccc1.CC(N)(C#N)CCCF.Cl.O=C(Cl)OCc1ccccc1. The van der Waals surface area contributed by atoms with Gasteiger partial charge in [0.1, 0.15) is 24.3 Å². The number of carbonyl (C=O) groups is 2. The number of esters is 1. The number of benzene rings is 3. The van der Waals surface area contributed by atoms with Crippen LogP contribution < -0.4 is 11.5 Å². The molecular formula is C43H60Cl2F3N5O4. The number of ether oxygens (including phenoxy) is 2. The predicted octanol–water partition coefficient (Wildman–Crippen LogP) is 10.6. The Morgan fingerprint density at radius 3 is 1.61 bits per heavy atom. The highest BCUT2D eigenvalue weighted by molar-refractivity contribution is 6.61. The lowest BCUT2D eigenvalue weighted by atomic mass is 9.82. The average Bonchev–Trinajstić information content (AvgIpc) is 3.21. The first-order valence-corrected chi connectivity index (χ1v) is 18.2. The molecule has 3 unspecified atom stereocenters. The van der Waals surface area contributed by atoms with Crippen molar-refractivity contribution in [3.05, 3.63) is 108 Å². The van der Waals surface area contributed by atoms with Crippen LogP contribution in [0.3, 0.4) is 0 Å². The van der Waals surface area contributed by atoms with Crippen LogP contribution in [0.15, 0.2) is 96.0 Å². The summed E-state index contributed by atoms with van der Waals surface area (Å²) in [7, 11) is 0. The Bertz CT molecular complexity index is 1580. The molecule has 3 rings (SSSR count).